The lowest BCUT2D eigenvalue weighted by Crippen LogP contribution is -2.26. The van der Waals surface area contributed by atoms with E-state index >= 15 is 0 Å². The van der Waals surface area contributed by atoms with Crippen LogP contribution in [-0.4, -0.2) is 11.6 Å². The predicted octanol–water partition coefficient (Wildman–Crippen LogP) is 11.3. The van der Waals surface area contributed by atoms with Crippen LogP contribution >= 0.6 is 0 Å². The van der Waals surface area contributed by atoms with Gasteiger partial charge in [0, 0.05) is 22.3 Å². The summed E-state index contributed by atoms with van der Waals surface area (Å²) in [4.78, 5) is 27.6. The molecule has 0 bridgehead atoms. The van der Waals surface area contributed by atoms with Crippen molar-refractivity contribution < 1.29 is 9.59 Å². The summed E-state index contributed by atoms with van der Waals surface area (Å²) in [6.45, 7) is 27.0. The van der Waals surface area contributed by atoms with E-state index in [9.17, 15) is 9.59 Å². The molecule has 1 aliphatic carbocycles. The summed E-state index contributed by atoms with van der Waals surface area (Å²) in [7, 11) is 0. The van der Waals surface area contributed by atoms with Crippen LogP contribution in [0.2, 0.25) is 0 Å². The number of fused-ring (bicyclic) bond motifs is 2. The van der Waals surface area contributed by atoms with Gasteiger partial charge in [-0.15, -0.1) is 0 Å². The van der Waals surface area contributed by atoms with Gasteiger partial charge in [0.2, 0.25) is 0 Å². The molecule has 0 saturated carbocycles. The zero-order chi connectivity index (χ0) is 31.7. The first-order valence-corrected chi connectivity index (χ1v) is 16.1. The van der Waals surface area contributed by atoms with Gasteiger partial charge in [-0.1, -0.05) is 105 Å². The largest absolute Gasteiger partial charge is 0.289 e. The number of hydrogen-bond acceptors (Lipinski definition) is 2. The second kappa shape index (κ2) is 12.5. The highest BCUT2D eigenvalue weighted by atomic mass is 16.1. The van der Waals surface area contributed by atoms with E-state index in [1.807, 2.05) is 24.3 Å². The third-order valence-electron chi connectivity index (χ3n) is 10.8. The number of benzene rings is 2. The topological polar surface area (TPSA) is 34.1 Å². The fourth-order valence-corrected chi connectivity index (χ4v) is 5.73. The van der Waals surface area contributed by atoms with E-state index in [1.165, 1.54) is 11.1 Å². The minimum Gasteiger partial charge on any atom is -0.289 e. The lowest BCUT2D eigenvalue weighted by atomic mass is 9.72. The molecule has 0 spiro atoms. The van der Waals surface area contributed by atoms with E-state index in [1.54, 1.807) is 0 Å². The third kappa shape index (κ3) is 7.07. The van der Waals surface area contributed by atoms with Crippen molar-refractivity contribution >= 4 is 11.6 Å². The second-order valence-electron chi connectivity index (χ2n) is 15.3. The van der Waals surface area contributed by atoms with Crippen LogP contribution in [0.4, 0.5) is 0 Å². The molecule has 1 unspecified atom stereocenters. The average Bonchev–Trinajstić information content (AvgIpc) is 2.94. The van der Waals surface area contributed by atoms with E-state index in [0.29, 0.717) is 22.3 Å². The van der Waals surface area contributed by atoms with Crippen LogP contribution in [0.1, 0.15) is 165 Å². The molecule has 1 aliphatic rings. The lowest BCUT2D eigenvalue weighted by Gasteiger charge is -2.31. The molecule has 2 aromatic carbocycles. The number of carbonyl (C=O) groups is 2. The van der Waals surface area contributed by atoms with E-state index in [2.05, 4.69) is 107 Å². The van der Waals surface area contributed by atoms with Gasteiger partial charge in [-0.25, -0.2) is 0 Å². The fraction of sp³-hybridized carbons (Fsp3) is 0.550. The smallest absolute Gasteiger partial charge is 0.194 e. The molecule has 0 N–H and O–H groups in total. The van der Waals surface area contributed by atoms with Gasteiger partial charge in [0.15, 0.2) is 11.6 Å². The highest BCUT2D eigenvalue weighted by molar-refractivity contribution is 6.28. The Morgan fingerprint density at radius 2 is 1.10 bits per heavy atom. The molecule has 2 nitrogen and oxygen atoms in total. The van der Waals surface area contributed by atoms with E-state index in [4.69, 9.17) is 0 Å². The van der Waals surface area contributed by atoms with Crippen LogP contribution in [0.15, 0.2) is 59.7 Å². The molecule has 2 aromatic rings. The maximum atomic E-state index is 13.8. The molecule has 42 heavy (non-hydrogen) atoms. The minimum absolute atomic E-state index is 0.0339. The molecule has 1 atom stereocenters. The predicted molar refractivity (Wildman–Crippen MR) is 180 cm³/mol. The van der Waals surface area contributed by atoms with Gasteiger partial charge in [0.25, 0.3) is 0 Å². The van der Waals surface area contributed by atoms with Crippen LogP contribution in [0.25, 0.3) is 0 Å². The van der Waals surface area contributed by atoms with Gasteiger partial charge in [-0.2, -0.15) is 0 Å². The van der Waals surface area contributed by atoms with Gasteiger partial charge in [0.1, 0.15) is 0 Å². The maximum Gasteiger partial charge on any atom is 0.194 e. The quantitative estimate of drug-likeness (QED) is 0.216. The number of allylic oxidation sites excluding steroid dienone is 4. The molecule has 0 aromatic heterocycles. The summed E-state index contributed by atoms with van der Waals surface area (Å²) < 4.78 is 0. The number of rotatable bonds is 11. The van der Waals surface area contributed by atoms with Crippen LogP contribution in [0.3, 0.4) is 0 Å². The SMILES string of the molecule is CCC(C)(C)C(C)=CCCC(C)(CC)c1ccc2c(c1)C(=O)c1ccc(C(C)(C)CCC=C(C)C(C)(C)C)cc1C2=O. The van der Waals surface area contributed by atoms with Crippen molar-refractivity contribution in [1.82, 2.24) is 0 Å². The van der Waals surface area contributed by atoms with Gasteiger partial charge in [0.05, 0.1) is 0 Å². The first-order valence-electron chi connectivity index (χ1n) is 16.1. The Morgan fingerprint density at radius 1 is 0.619 bits per heavy atom. The fourth-order valence-electron chi connectivity index (χ4n) is 5.73. The monoisotopic (exact) mass is 568 g/mol. The summed E-state index contributed by atoms with van der Waals surface area (Å²) in [6.07, 6.45) is 10.8. The van der Waals surface area contributed by atoms with Gasteiger partial charge >= 0.3 is 0 Å². The highest BCUT2D eigenvalue weighted by Crippen LogP contribution is 2.39. The van der Waals surface area contributed by atoms with Crippen LogP contribution < -0.4 is 0 Å². The molecule has 0 saturated heterocycles. The van der Waals surface area contributed by atoms with Crippen LogP contribution in [0.5, 0.6) is 0 Å². The van der Waals surface area contributed by atoms with E-state index < -0.39 is 0 Å². The first kappa shape index (κ1) is 33.8. The third-order valence-corrected chi connectivity index (χ3v) is 10.8. The van der Waals surface area contributed by atoms with Crippen molar-refractivity contribution in [3.63, 3.8) is 0 Å². The van der Waals surface area contributed by atoms with Crippen LogP contribution in [0, 0.1) is 10.8 Å². The molecule has 0 heterocycles. The first-order chi connectivity index (χ1) is 19.4. The Labute approximate surface area is 257 Å². The number of carbonyl (C=O) groups excluding carboxylic acids is 2. The van der Waals surface area contributed by atoms with Gasteiger partial charge < -0.3 is 0 Å². The Balaban J connectivity index is 1.87. The molecule has 3 rings (SSSR count). The Bertz CT molecular complexity index is 1390. The van der Waals surface area contributed by atoms with Crippen molar-refractivity contribution in [2.75, 3.05) is 0 Å². The molecular weight excluding hydrogens is 512 g/mol. The number of ketones is 2. The normalized spacial score (nSPS) is 16.3. The van der Waals surface area contributed by atoms with Crippen molar-refractivity contribution in [1.29, 1.82) is 0 Å². The second-order valence-corrected chi connectivity index (χ2v) is 15.3. The van der Waals surface area contributed by atoms with Crippen molar-refractivity contribution in [2.45, 2.75) is 132 Å². The summed E-state index contributed by atoms with van der Waals surface area (Å²) in [6, 6.07) is 11.9. The zero-order valence-electron chi connectivity index (χ0n) is 28.7. The molecular formula is C40H56O2. The Morgan fingerprint density at radius 3 is 1.60 bits per heavy atom. The lowest BCUT2D eigenvalue weighted by molar-refractivity contribution is 0.0978. The summed E-state index contributed by atoms with van der Waals surface area (Å²) >= 11 is 0. The molecule has 0 amide bonds. The van der Waals surface area contributed by atoms with E-state index in [0.717, 1.165) is 49.7 Å². The summed E-state index contributed by atoms with van der Waals surface area (Å²) in [5.74, 6) is -0.0701. The van der Waals surface area contributed by atoms with Gasteiger partial charge in [-0.3, -0.25) is 9.59 Å². The molecule has 0 aliphatic heterocycles. The summed E-state index contributed by atoms with van der Waals surface area (Å²) in [5, 5.41) is 0. The highest BCUT2D eigenvalue weighted by Gasteiger charge is 2.34. The zero-order valence-corrected chi connectivity index (χ0v) is 28.7. The average molecular weight is 569 g/mol. The van der Waals surface area contributed by atoms with Crippen molar-refractivity contribution in [3.05, 3.63) is 93.1 Å². The summed E-state index contributed by atoms with van der Waals surface area (Å²) in [5.41, 5.74) is 7.46. The standard InChI is InChI=1S/C40H56O2/c1-13-38(8,9)28(4)18-16-24-40(12,14-2)30-20-22-32-34(26-30)36(42)31-21-19-29(25-33(31)35(32)41)39(10,11)23-15-17-27(3)37(5,6)7/h17-22,25-26H,13-16,23-24H2,1-12H3. The van der Waals surface area contributed by atoms with Gasteiger partial charge in [-0.05, 0) is 109 Å². The van der Waals surface area contributed by atoms with E-state index in [-0.39, 0.29) is 33.2 Å². The Hall–Kier alpha value is -2.74. The number of hydrogen-bond donors (Lipinski definition) is 0. The molecule has 2 heteroatoms. The maximum absolute atomic E-state index is 13.8. The van der Waals surface area contributed by atoms with Crippen molar-refractivity contribution in [3.8, 4) is 0 Å². The minimum atomic E-state index is -0.112. The van der Waals surface area contributed by atoms with Crippen LogP contribution in [-0.2, 0) is 10.8 Å². The molecule has 228 valence electrons. The Kier molecular flexibility index (Phi) is 10.0. The van der Waals surface area contributed by atoms with Crippen molar-refractivity contribution in [2.24, 2.45) is 10.8 Å². The molecule has 0 radical (unpaired) electrons. The molecule has 0 fully saturated rings.